The highest BCUT2D eigenvalue weighted by atomic mass is 32.1. The van der Waals surface area contributed by atoms with Crippen LogP contribution in [0.2, 0.25) is 0 Å². The summed E-state index contributed by atoms with van der Waals surface area (Å²) in [5, 5.41) is 4.74. The predicted molar refractivity (Wildman–Crippen MR) is 91.6 cm³/mol. The summed E-state index contributed by atoms with van der Waals surface area (Å²) in [6.07, 6.45) is 3.16. The van der Waals surface area contributed by atoms with E-state index in [1.54, 1.807) is 12.3 Å². The number of amides is 1. The van der Waals surface area contributed by atoms with Crippen LogP contribution in [0.25, 0.3) is 10.6 Å². The molecule has 3 aromatic rings. The lowest BCUT2D eigenvalue weighted by Crippen LogP contribution is -2.19. The van der Waals surface area contributed by atoms with Gasteiger partial charge in [0.1, 0.15) is 10.7 Å². The second-order valence-electron chi connectivity index (χ2n) is 4.74. The van der Waals surface area contributed by atoms with Gasteiger partial charge in [0.05, 0.1) is 11.9 Å². The Labute approximate surface area is 137 Å². The van der Waals surface area contributed by atoms with Crippen LogP contribution in [-0.4, -0.2) is 22.1 Å². The molecule has 1 aromatic carbocycles. The number of pyridine rings is 1. The molecule has 0 saturated carbocycles. The fourth-order valence-corrected chi connectivity index (χ4v) is 2.89. The van der Waals surface area contributed by atoms with Crippen molar-refractivity contribution < 1.29 is 4.79 Å². The third-order valence-corrected chi connectivity index (χ3v) is 4.10. The minimum atomic E-state index is -0.326. The first-order chi connectivity index (χ1) is 11.2. The van der Waals surface area contributed by atoms with Crippen LogP contribution in [0.5, 0.6) is 0 Å². The van der Waals surface area contributed by atoms with E-state index in [-0.39, 0.29) is 5.91 Å². The van der Waals surface area contributed by atoms with Crippen molar-refractivity contribution in [1.82, 2.24) is 15.4 Å². The molecule has 2 heterocycles. The average molecular weight is 322 g/mol. The number of nitrogens with zero attached hydrogens (tertiary/aromatic N) is 3. The Bertz CT molecular complexity index is 828. The zero-order chi connectivity index (χ0) is 16.1. The van der Waals surface area contributed by atoms with Gasteiger partial charge in [-0.25, -0.2) is 10.4 Å². The lowest BCUT2D eigenvalue weighted by molar-refractivity contribution is 0.0950. The van der Waals surface area contributed by atoms with E-state index in [4.69, 9.17) is 0 Å². The van der Waals surface area contributed by atoms with E-state index in [1.807, 2.05) is 49.4 Å². The summed E-state index contributed by atoms with van der Waals surface area (Å²) >= 11 is 1.49. The van der Waals surface area contributed by atoms with E-state index in [0.717, 1.165) is 15.4 Å². The fraction of sp³-hybridized carbons (Fsp3) is 0.0588. The van der Waals surface area contributed by atoms with E-state index in [1.165, 1.54) is 17.6 Å². The van der Waals surface area contributed by atoms with Gasteiger partial charge in [-0.1, -0.05) is 36.4 Å². The van der Waals surface area contributed by atoms with Crippen molar-refractivity contribution in [2.24, 2.45) is 5.10 Å². The molecular formula is C17H14N4OS. The van der Waals surface area contributed by atoms with Crippen molar-refractivity contribution in [2.75, 3.05) is 0 Å². The van der Waals surface area contributed by atoms with Gasteiger partial charge in [0.15, 0.2) is 0 Å². The molecule has 0 aliphatic carbocycles. The minimum Gasteiger partial charge on any atom is -0.266 e. The zero-order valence-corrected chi connectivity index (χ0v) is 13.2. The van der Waals surface area contributed by atoms with Gasteiger partial charge in [-0.3, -0.25) is 9.78 Å². The molecule has 0 aliphatic heterocycles. The second kappa shape index (κ2) is 6.93. The maximum atomic E-state index is 12.2. The van der Waals surface area contributed by atoms with Crippen LogP contribution in [0.1, 0.15) is 21.1 Å². The van der Waals surface area contributed by atoms with Crippen LogP contribution >= 0.6 is 11.3 Å². The van der Waals surface area contributed by atoms with Crippen LogP contribution in [0.15, 0.2) is 59.8 Å². The highest BCUT2D eigenvalue weighted by molar-refractivity contribution is 7.15. The molecule has 0 saturated heterocycles. The molecule has 0 unspecified atom stereocenters. The Balaban J connectivity index is 1.73. The molecule has 0 spiro atoms. The van der Waals surface area contributed by atoms with Gasteiger partial charge in [0.25, 0.3) is 5.91 Å². The summed E-state index contributed by atoms with van der Waals surface area (Å²) in [6.45, 7) is 1.88. The lowest BCUT2D eigenvalue weighted by Gasteiger charge is -1.97. The van der Waals surface area contributed by atoms with Crippen molar-refractivity contribution in [3.63, 3.8) is 0 Å². The highest BCUT2D eigenvalue weighted by Gasteiger charge is 2.15. The monoisotopic (exact) mass is 322 g/mol. The molecule has 0 aliphatic rings. The number of benzene rings is 1. The molecule has 23 heavy (non-hydrogen) atoms. The van der Waals surface area contributed by atoms with Gasteiger partial charge in [-0.15, -0.1) is 11.3 Å². The molecule has 0 radical (unpaired) electrons. The number of nitrogens with one attached hydrogen (secondary N) is 1. The van der Waals surface area contributed by atoms with Crippen LogP contribution in [0.4, 0.5) is 0 Å². The zero-order valence-electron chi connectivity index (χ0n) is 12.4. The molecule has 3 rings (SSSR count). The van der Waals surface area contributed by atoms with Gasteiger partial charge >= 0.3 is 0 Å². The van der Waals surface area contributed by atoms with Crippen LogP contribution in [0, 0.1) is 6.92 Å². The van der Waals surface area contributed by atoms with Gasteiger partial charge in [0, 0.05) is 16.6 Å². The Morgan fingerprint density at radius 1 is 1.17 bits per heavy atom. The first-order valence-corrected chi connectivity index (χ1v) is 7.83. The van der Waals surface area contributed by atoms with E-state index < -0.39 is 0 Å². The van der Waals surface area contributed by atoms with Gasteiger partial charge < -0.3 is 0 Å². The largest absolute Gasteiger partial charge is 0.291 e. The molecule has 1 amide bonds. The van der Waals surface area contributed by atoms with Crippen molar-refractivity contribution in [1.29, 1.82) is 0 Å². The minimum absolute atomic E-state index is 0.326. The maximum Gasteiger partial charge on any atom is 0.291 e. The molecule has 2 aromatic heterocycles. The van der Waals surface area contributed by atoms with Crippen LogP contribution in [0.3, 0.4) is 0 Å². The predicted octanol–water partition coefficient (Wildman–Crippen LogP) is 3.28. The van der Waals surface area contributed by atoms with Crippen molar-refractivity contribution >= 4 is 23.5 Å². The number of hydrogen-bond acceptors (Lipinski definition) is 5. The molecule has 6 heteroatoms. The number of hydrogen-bond donors (Lipinski definition) is 1. The van der Waals surface area contributed by atoms with Crippen molar-refractivity contribution in [3.05, 3.63) is 71.0 Å². The summed E-state index contributed by atoms with van der Waals surface area (Å²) in [5.74, 6) is -0.326. The van der Waals surface area contributed by atoms with Gasteiger partial charge in [0.2, 0.25) is 0 Å². The summed E-state index contributed by atoms with van der Waals surface area (Å²) in [6, 6.07) is 15.3. The molecule has 0 bridgehead atoms. The third kappa shape index (κ3) is 3.67. The Morgan fingerprint density at radius 2 is 1.96 bits per heavy atom. The van der Waals surface area contributed by atoms with Crippen LogP contribution < -0.4 is 5.43 Å². The first kappa shape index (κ1) is 15.1. The smallest absolute Gasteiger partial charge is 0.266 e. The number of carbonyl (C=O) groups is 1. The second-order valence-corrected chi connectivity index (χ2v) is 5.95. The van der Waals surface area contributed by atoms with Crippen LogP contribution in [-0.2, 0) is 0 Å². The molecule has 5 nitrogen and oxygen atoms in total. The Morgan fingerprint density at radius 3 is 2.70 bits per heavy atom. The van der Waals surface area contributed by atoms with Gasteiger partial charge in [-0.05, 0) is 19.1 Å². The first-order valence-electron chi connectivity index (χ1n) is 7.01. The van der Waals surface area contributed by atoms with E-state index in [9.17, 15) is 4.79 Å². The van der Waals surface area contributed by atoms with Gasteiger partial charge in [-0.2, -0.15) is 5.10 Å². The lowest BCUT2D eigenvalue weighted by atomic mass is 10.2. The number of aryl methyl sites for hydroxylation is 1. The summed E-state index contributed by atoms with van der Waals surface area (Å²) in [4.78, 5) is 21.6. The van der Waals surface area contributed by atoms with Crippen molar-refractivity contribution in [2.45, 2.75) is 6.92 Å². The molecule has 114 valence electrons. The molecule has 0 fully saturated rings. The van der Waals surface area contributed by atoms with E-state index in [0.29, 0.717) is 11.4 Å². The quantitative estimate of drug-likeness (QED) is 0.592. The third-order valence-electron chi connectivity index (χ3n) is 3.08. The number of rotatable bonds is 4. The standard InChI is InChI=1S/C17H14N4OS/c1-12-15(20-17(23-12)13-7-3-2-4-8-13)16(22)21-19-11-14-9-5-6-10-18-14/h2-11H,1H3,(H,21,22)/b19-11-. The fourth-order valence-electron chi connectivity index (χ4n) is 1.97. The SMILES string of the molecule is Cc1sc(-c2ccccc2)nc1C(=O)N/N=C\c1ccccn1. The average Bonchev–Trinajstić information content (AvgIpc) is 2.98. The van der Waals surface area contributed by atoms with Crippen molar-refractivity contribution in [3.8, 4) is 10.6 Å². The Hall–Kier alpha value is -2.86. The number of thiazole rings is 1. The number of carbonyl (C=O) groups excluding carboxylic acids is 1. The van der Waals surface area contributed by atoms with E-state index in [2.05, 4.69) is 20.5 Å². The van der Waals surface area contributed by atoms with E-state index >= 15 is 0 Å². The Kier molecular flexibility index (Phi) is 4.54. The summed E-state index contributed by atoms with van der Waals surface area (Å²) in [5.41, 5.74) is 4.55. The molecular weight excluding hydrogens is 308 g/mol. The normalized spacial score (nSPS) is 10.8. The molecule has 1 N–H and O–H groups in total. The number of aromatic nitrogens is 2. The molecule has 0 atom stereocenters. The number of hydrazone groups is 1. The maximum absolute atomic E-state index is 12.2. The highest BCUT2D eigenvalue weighted by Crippen LogP contribution is 2.27. The topological polar surface area (TPSA) is 67.2 Å². The summed E-state index contributed by atoms with van der Waals surface area (Å²) < 4.78 is 0. The summed E-state index contributed by atoms with van der Waals surface area (Å²) in [7, 11) is 0.